The molecule has 2 aliphatic carbocycles. The van der Waals surface area contributed by atoms with E-state index in [1.807, 2.05) is 0 Å². The molecule has 0 saturated heterocycles. The smallest absolute Gasteiger partial charge is 0.0770 e. The minimum atomic E-state index is -1.80. The molecule has 0 spiro atoms. The van der Waals surface area contributed by atoms with Gasteiger partial charge in [-0.15, -0.1) is 0 Å². The van der Waals surface area contributed by atoms with Gasteiger partial charge in [0.1, 0.15) is 0 Å². The zero-order valence-corrected chi connectivity index (χ0v) is 29.0. The van der Waals surface area contributed by atoms with Gasteiger partial charge in [0.15, 0.2) is 0 Å². The largest absolute Gasteiger partial charge is 0.0850 e. The Morgan fingerprint density at radius 1 is 0.531 bits per heavy atom. The number of hydrogen-bond donors (Lipinski definition) is 0. The fourth-order valence-electron chi connectivity index (χ4n) is 9.49. The lowest BCUT2D eigenvalue weighted by atomic mass is 9.77. The van der Waals surface area contributed by atoms with Crippen molar-refractivity contribution in [2.75, 3.05) is 0 Å². The van der Waals surface area contributed by atoms with E-state index in [1.165, 1.54) is 77.7 Å². The van der Waals surface area contributed by atoms with Gasteiger partial charge in [-0.25, -0.2) is 0 Å². The van der Waals surface area contributed by atoms with Crippen molar-refractivity contribution >= 4 is 45.6 Å². The summed E-state index contributed by atoms with van der Waals surface area (Å²) < 4.78 is 0. The molecule has 3 unspecified atom stereocenters. The van der Waals surface area contributed by atoms with Crippen LogP contribution in [0, 0.1) is 5.92 Å². The van der Waals surface area contributed by atoms with Crippen LogP contribution in [-0.4, -0.2) is 8.07 Å². The van der Waals surface area contributed by atoms with E-state index in [-0.39, 0.29) is 0 Å². The van der Waals surface area contributed by atoms with Crippen molar-refractivity contribution in [2.24, 2.45) is 5.92 Å². The molecule has 234 valence electrons. The number of fused-ring (bicyclic) bond motifs is 7. The Bertz CT molecular complexity index is 2550. The predicted molar refractivity (Wildman–Crippen MR) is 213 cm³/mol. The second-order valence-electron chi connectivity index (χ2n) is 14.9. The average molecular weight is 643 g/mol. The molecule has 0 bridgehead atoms. The molecule has 10 rings (SSSR count). The lowest BCUT2D eigenvalue weighted by molar-refractivity contribution is 0.559. The van der Waals surface area contributed by atoms with Crippen LogP contribution in [-0.2, 0) is 0 Å². The standard InChI is InChI=1S/C48H38Si/c1-49(2)45-28-36-20-12-11-19-35(36)26-40(45)41-29-43-44(30-46(41)49)48(33-16-7-4-8-17-33)42-27-38(37-22-21-31-13-9-10-18-34(31)25-37)23-24-39(42)47(43)32-14-5-3-6-15-32/h3-27,29-30,36,40,45H,28H2,1-2H3. The van der Waals surface area contributed by atoms with Crippen LogP contribution < -0.4 is 5.19 Å². The van der Waals surface area contributed by atoms with Gasteiger partial charge < -0.3 is 0 Å². The molecular weight excluding hydrogens is 605 g/mol. The average Bonchev–Trinajstić information content (AvgIpc) is 3.36. The van der Waals surface area contributed by atoms with Crippen molar-refractivity contribution in [3.8, 4) is 33.4 Å². The molecule has 0 aromatic heterocycles. The van der Waals surface area contributed by atoms with E-state index in [2.05, 4.69) is 177 Å². The van der Waals surface area contributed by atoms with Crippen LogP contribution in [0.5, 0.6) is 0 Å². The second-order valence-corrected chi connectivity index (χ2v) is 19.6. The third-order valence-corrected chi connectivity index (χ3v) is 16.2. The molecule has 3 aliphatic rings. The lowest BCUT2D eigenvalue weighted by Gasteiger charge is -2.36. The fourth-order valence-corrected chi connectivity index (χ4v) is 13.4. The van der Waals surface area contributed by atoms with E-state index in [1.54, 1.807) is 10.8 Å². The van der Waals surface area contributed by atoms with E-state index in [0.717, 1.165) is 0 Å². The second kappa shape index (κ2) is 10.9. The monoisotopic (exact) mass is 642 g/mol. The zero-order valence-electron chi connectivity index (χ0n) is 28.0. The van der Waals surface area contributed by atoms with Crippen LogP contribution in [0.1, 0.15) is 17.9 Å². The molecule has 49 heavy (non-hydrogen) atoms. The molecule has 0 radical (unpaired) electrons. The van der Waals surface area contributed by atoms with Gasteiger partial charge in [0.05, 0.1) is 8.07 Å². The first-order chi connectivity index (χ1) is 24.0. The van der Waals surface area contributed by atoms with E-state index >= 15 is 0 Å². The first kappa shape index (κ1) is 28.7. The Hall–Kier alpha value is -5.24. The maximum absolute atomic E-state index is 2.67. The Balaban J connectivity index is 1.31. The molecule has 7 aromatic carbocycles. The fraction of sp³-hybridized carbons (Fsp3) is 0.125. The molecule has 1 heteroatoms. The van der Waals surface area contributed by atoms with Crippen molar-refractivity contribution in [3.63, 3.8) is 0 Å². The quantitative estimate of drug-likeness (QED) is 0.133. The Kier molecular flexibility index (Phi) is 6.38. The van der Waals surface area contributed by atoms with Crippen molar-refractivity contribution in [3.05, 3.63) is 175 Å². The minimum absolute atomic E-state index is 0.484. The van der Waals surface area contributed by atoms with Gasteiger partial charge in [-0.2, -0.15) is 0 Å². The summed E-state index contributed by atoms with van der Waals surface area (Å²) in [5.74, 6) is 1.04. The molecule has 0 nitrogen and oxygen atoms in total. The number of allylic oxidation sites excluding steroid dienone is 6. The molecule has 0 N–H and O–H groups in total. The van der Waals surface area contributed by atoms with Crippen LogP contribution >= 0.6 is 0 Å². The summed E-state index contributed by atoms with van der Waals surface area (Å²) >= 11 is 0. The third-order valence-electron chi connectivity index (χ3n) is 12.0. The number of rotatable bonds is 3. The molecule has 1 heterocycles. The molecule has 0 saturated carbocycles. The Morgan fingerprint density at radius 2 is 1.16 bits per heavy atom. The summed E-state index contributed by atoms with van der Waals surface area (Å²) in [6, 6.07) is 50.3. The molecule has 0 fully saturated rings. The topological polar surface area (TPSA) is 0 Å². The zero-order chi connectivity index (χ0) is 32.7. The van der Waals surface area contributed by atoms with Crippen LogP contribution in [0.15, 0.2) is 169 Å². The van der Waals surface area contributed by atoms with Crippen molar-refractivity contribution < 1.29 is 0 Å². The SMILES string of the molecule is C[Si]1(C)c2cc3c(-c4ccccc4)c4cc(-c5ccc6ccccc6c5)ccc4c(-c4ccccc4)c3cc2C2C=C3C=CC=CC3CC21. The number of hydrogen-bond acceptors (Lipinski definition) is 0. The number of benzene rings is 7. The Labute approximate surface area is 289 Å². The van der Waals surface area contributed by atoms with Crippen LogP contribution in [0.4, 0.5) is 0 Å². The van der Waals surface area contributed by atoms with Gasteiger partial charge in [-0.05, 0) is 101 Å². The van der Waals surface area contributed by atoms with Crippen LogP contribution in [0.3, 0.4) is 0 Å². The van der Waals surface area contributed by atoms with E-state index in [4.69, 9.17) is 0 Å². The molecule has 0 amide bonds. The third kappa shape index (κ3) is 4.42. The van der Waals surface area contributed by atoms with Crippen molar-refractivity contribution in [2.45, 2.75) is 31.0 Å². The van der Waals surface area contributed by atoms with Gasteiger partial charge in [-0.1, -0.05) is 170 Å². The molecule has 1 aliphatic heterocycles. The minimum Gasteiger partial charge on any atom is -0.0770 e. The molecule has 3 atom stereocenters. The lowest BCUT2D eigenvalue weighted by Crippen LogP contribution is -2.43. The van der Waals surface area contributed by atoms with E-state index in [9.17, 15) is 0 Å². The predicted octanol–water partition coefficient (Wildman–Crippen LogP) is 12.6. The van der Waals surface area contributed by atoms with E-state index in [0.29, 0.717) is 17.4 Å². The summed E-state index contributed by atoms with van der Waals surface area (Å²) in [4.78, 5) is 0. The summed E-state index contributed by atoms with van der Waals surface area (Å²) in [5.41, 5.74) is 11.6. The first-order valence-electron chi connectivity index (χ1n) is 17.8. The van der Waals surface area contributed by atoms with Gasteiger partial charge in [0, 0.05) is 11.8 Å². The molecule has 7 aromatic rings. The van der Waals surface area contributed by atoms with Gasteiger partial charge in [-0.3, -0.25) is 0 Å². The highest BCUT2D eigenvalue weighted by Gasteiger charge is 2.49. The highest BCUT2D eigenvalue weighted by Crippen LogP contribution is 2.55. The highest BCUT2D eigenvalue weighted by molar-refractivity contribution is 6.92. The summed E-state index contributed by atoms with van der Waals surface area (Å²) in [6.45, 7) is 5.28. The summed E-state index contributed by atoms with van der Waals surface area (Å²) in [6.07, 6.45) is 13.2. The van der Waals surface area contributed by atoms with Crippen LogP contribution in [0.2, 0.25) is 18.6 Å². The maximum atomic E-state index is 2.67. The van der Waals surface area contributed by atoms with Gasteiger partial charge in [0.2, 0.25) is 0 Å². The van der Waals surface area contributed by atoms with Crippen LogP contribution in [0.25, 0.3) is 65.7 Å². The van der Waals surface area contributed by atoms with Crippen molar-refractivity contribution in [1.29, 1.82) is 0 Å². The van der Waals surface area contributed by atoms with Gasteiger partial charge >= 0.3 is 0 Å². The first-order valence-corrected chi connectivity index (χ1v) is 20.9. The maximum Gasteiger partial charge on any atom is 0.0850 e. The summed E-state index contributed by atoms with van der Waals surface area (Å²) in [7, 11) is -1.80. The normalized spacial score (nSPS) is 20.3. The molecular formula is C48H38Si. The van der Waals surface area contributed by atoms with Gasteiger partial charge in [0.25, 0.3) is 0 Å². The Morgan fingerprint density at radius 3 is 1.94 bits per heavy atom. The van der Waals surface area contributed by atoms with E-state index < -0.39 is 8.07 Å². The van der Waals surface area contributed by atoms with Crippen molar-refractivity contribution in [1.82, 2.24) is 0 Å². The highest BCUT2D eigenvalue weighted by atomic mass is 28.3. The summed E-state index contributed by atoms with van der Waals surface area (Å²) in [5, 5.41) is 9.60.